The largest absolute Gasteiger partial charge is 0.329 e. The lowest BCUT2D eigenvalue weighted by molar-refractivity contribution is 0.182. The highest BCUT2D eigenvalue weighted by Crippen LogP contribution is 2.25. The first-order valence-electron chi connectivity index (χ1n) is 6.77. The van der Waals surface area contributed by atoms with Crippen molar-refractivity contribution >= 4 is 10.2 Å². The number of nitrogens with zero attached hydrogens (tertiary/aromatic N) is 1. The van der Waals surface area contributed by atoms with Gasteiger partial charge in [-0.05, 0) is 18.8 Å². The van der Waals surface area contributed by atoms with Crippen LogP contribution in [0.5, 0.6) is 0 Å². The smallest absolute Gasteiger partial charge is 0.279 e. The van der Waals surface area contributed by atoms with Gasteiger partial charge in [-0.1, -0.05) is 34.6 Å². The highest BCUT2D eigenvalue weighted by atomic mass is 32.2. The standard InChI is InChI=1S/C12H29N3O2S/c1-6-12(7-2,10-13)15(8-3)18(16,17)14-9-11(4)5/h11,14H,6-10,13H2,1-5H3. The van der Waals surface area contributed by atoms with E-state index in [-0.39, 0.29) is 5.92 Å². The second kappa shape index (κ2) is 7.43. The number of rotatable bonds is 9. The zero-order valence-corrected chi connectivity index (χ0v) is 13.2. The van der Waals surface area contributed by atoms with Gasteiger partial charge in [0, 0.05) is 25.2 Å². The van der Waals surface area contributed by atoms with Crippen LogP contribution in [0.15, 0.2) is 0 Å². The van der Waals surface area contributed by atoms with Crippen LogP contribution < -0.4 is 10.5 Å². The molecule has 3 N–H and O–H groups in total. The Morgan fingerprint density at radius 3 is 2.00 bits per heavy atom. The van der Waals surface area contributed by atoms with Gasteiger partial charge in [-0.25, -0.2) is 4.72 Å². The summed E-state index contributed by atoms with van der Waals surface area (Å²) in [5.74, 6) is 0.286. The third-order valence-corrected chi connectivity index (χ3v) is 5.23. The highest BCUT2D eigenvalue weighted by Gasteiger charge is 2.38. The van der Waals surface area contributed by atoms with Crippen LogP contribution in [0.1, 0.15) is 47.5 Å². The van der Waals surface area contributed by atoms with Gasteiger partial charge < -0.3 is 5.73 Å². The molecular weight excluding hydrogens is 250 g/mol. The molecule has 0 saturated carbocycles. The van der Waals surface area contributed by atoms with Crippen LogP contribution in [0.2, 0.25) is 0 Å². The summed E-state index contributed by atoms with van der Waals surface area (Å²) in [6.07, 6.45) is 1.44. The summed E-state index contributed by atoms with van der Waals surface area (Å²) in [6.45, 7) is 11.0. The molecular formula is C12H29N3O2S. The predicted octanol–water partition coefficient (Wildman–Crippen LogP) is 1.32. The van der Waals surface area contributed by atoms with Crippen LogP contribution in [-0.4, -0.2) is 37.9 Å². The van der Waals surface area contributed by atoms with Gasteiger partial charge in [0.25, 0.3) is 10.2 Å². The van der Waals surface area contributed by atoms with E-state index in [4.69, 9.17) is 5.73 Å². The third kappa shape index (κ3) is 4.19. The van der Waals surface area contributed by atoms with Gasteiger partial charge in [-0.15, -0.1) is 0 Å². The Hall–Kier alpha value is -0.170. The normalized spacial score (nSPS) is 13.6. The first kappa shape index (κ1) is 17.8. The molecule has 0 saturated heterocycles. The van der Waals surface area contributed by atoms with Crippen LogP contribution in [0, 0.1) is 5.92 Å². The fraction of sp³-hybridized carbons (Fsp3) is 1.00. The molecule has 0 aromatic rings. The minimum Gasteiger partial charge on any atom is -0.329 e. The molecule has 0 amide bonds. The maximum atomic E-state index is 12.3. The molecule has 0 rings (SSSR count). The zero-order valence-electron chi connectivity index (χ0n) is 12.4. The summed E-state index contributed by atoms with van der Waals surface area (Å²) in [5.41, 5.74) is 5.35. The van der Waals surface area contributed by atoms with Crippen molar-refractivity contribution in [3.63, 3.8) is 0 Å². The summed E-state index contributed by atoms with van der Waals surface area (Å²) < 4.78 is 28.9. The molecule has 18 heavy (non-hydrogen) atoms. The Labute approximate surface area is 112 Å². The van der Waals surface area contributed by atoms with Crippen LogP contribution in [0.4, 0.5) is 0 Å². The van der Waals surface area contributed by atoms with Gasteiger partial charge in [-0.2, -0.15) is 12.7 Å². The highest BCUT2D eigenvalue weighted by molar-refractivity contribution is 7.87. The third-order valence-electron chi connectivity index (χ3n) is 3.48. The van der Waals surface area contributed by atoms with Crippen molar-refractivity contribution in [3.8, 4) is 0 Å². The van der Waals surface area contributed by atoms with E-state index in [1.54, 1.807) is 0 Å². The van der Waals surface area contributed by atoms with Crippen molar-refractivity contribution in [1.29, 1.82) is 0 Å². The monoisotopic (exact) mass is 279 g/mol. The number of hydrogen-bond donors (Lipinski definition) is 2. The van der Waals surface area contributed by atoms with Gasteiger partial charge in [0.2, 0.25) is 0 Å². The number of nitrogens with two attached hydrogens (primary N) is 1. The number of nitrogens with one attached hydrogen (secondary N) is 1. The van der Waals surface area contributed by atoms with Gasteiger partial charge in [0.05, 0.1) is 0 Å². The first-order chi connectivity index (χ1) is 8.29. The quantitative estimate of drug-likeness (QED) is 0.668. The summed E-state index contributed by atoms with van der Waals surface area (Å²) in [6, 6.07) is 0. The summed E-state index contributed by atoms with van der Waals surface area (Å²) >= 11 is 0. The van der Waals surface area contributed by atoms with Crippen LogP contribution in [0.25, 0.3) is 0 Å². The van der Waals surface area contributed by atoms with E-state index in [0.717, 1.165) is 12.8 Å². The van der Waals surface area contributed by atoms with Gasteiger partial charge >= 0.3 is 0 Å². The first-order valence-corrected chi connectivity index (χ1v) is 8.21. The van der Waals surface area contributed by atoms with Crippen molar-refractivity contribution in [2.24, 2.45) is 11.7 Å². The van der Waals surface area contributed by atoms with Crippen LogP contribution >= 0.6 is 0 Å². The van der Waals surface area contributed by atoms with E-state index >= 15 is 0 Å². The zero-order chi connectivity index (χ0) is 14.4. The molecule has 5 nitrogen and oxygen atoms in total. The molecule has 110 valence electrons. The summed E-state index contributed by atoms with van der Waals surface area (Å²) in [4.78, 5) is 0. The van der Waals surface area contributed by atoms with E-state index in [0.29, 0.717) is 19.6 Å². The maximum Gasteiger partial charge on any atom is 0.279 e. The Morgan fingerprint density at radius 2 is 1.72 bits per heavy atom. The molecule has 0 aromatic carbocycles. The Balaban J connectivity index is 5.16. The Morgan fingerprint density at radius 1 is 1.22 bits per heavy atom. The molecule has 6 heteroatoms. The molecule has 0 bridgehead atoms. The van der Waals surface area contributed by atoms with E-state index < -0.39 is 15.7 Å². The minimum atomic E-state index is -3.46. The lowest BCUT2D eigenvalue weighted by atomic mass is 9.93. The van der Waals surface area contributed by atoms with Crippen molar-refractivity contribution in [3.05, 3.63) is 0 Å². The van der Waals surface area contributed by atoms with Gasteiger partial charge in [-0.3, -0.25) is 0 Å². The molecule has 0 aliphatic rings. The Bertz CT molecular complexity index is 316. The molecule has 0 radical (unpaired) electrons. The lowest BCUT2D eigenvalue weighted by Crippen LogP contribution is -2.58. The van der Waals surface area contributed by atoms with Crippen molar-refractivity contribution < 1.29 is 8.42 Å². The minimum absolute atomic E-state index is 0.286. The van der Waals surface area contributed by atoms with Crippen molar-refractivity contribution in [2.45, 2.75) is 53.0 Å². The molecule has 0 aliphatic carbocycles. The summed E-state index contributed by atoms with van der Waals surface area (Å²) in [7, 11) is -3.46. The lowest BCUT2D eigenvalue weighted by Gasteiger charge is -2.40. The van der Waals surface area contributed by atoms with Gasteiger partial charge in [0.1, 0.15) is 0 Å². The second-order valence-corrected chi connectivity index (χ2v) is 6.73. The topological polar surface area (TPSA) is 75.4 Å². The molecule has 0 unspecified atom stereocenters. The van der Waals surface area contributed by atoms with Crippen molar-refractivity contribution in [2.75, 3.05) is 19.6 Å². The maximum absolute atomic E-state index is 12.3. The molecule has 0 spiro atoms. The predicted molar refractivity (Wildman–Crippen MR) is 76.5 cm³/mol. The number of likely N-dealkylation sites (N-methyl/N-ethyl adjacent to an activating group) is 1. The van der Waals surface area contributed by atoms with E-state index in [2.05, 4.69) is 4.72 Å². The molecule has 0 fully saturated rings. The molecule has 0 atom stereocenters. The van der Waals surface area contributed by atoms with Crippen LogP contribution in [0.3, 0.4) is 0 Å². The molecule has 0 aromatic heterocycles. The van der Waals surface area contributed by atoms with E-state index in [1.807, 2.05) is 34.6 Å². The van der Waals surface area contributed by atoms with Crippen LogP contribution in [-0.2, 0) is 10.2 Å². The SMILES string of the molecule is CCN(C(CC)(CC)CN)S(=O)(=O)NCC(C)C. The average Bonchev–Trinajstić information content (AvgIpc) is 2.33. The number of hydrogen-bond acceptors (Lipinski definition) is 3. The second-order valence-electron chi connectivity index (χ2n) is 5.05. The van der Waals surface area contributed by atoms with E-state index in [9.17, 15) is 8.42 Å². The molecule has 0 heterocycles. The molecule has 0 aliphatic heterocycles. The summed E-state index contributed by atoms with van der Waals surface area (Å²) in [5, 5.41) is 0. The van der Waals surface area contributed by atoms with E-state index in [1.165, 1.54) is 4.31 Å². The van der Waals surface area contributed by atoms with Gasteiger partial charge in [0.15, 0.2) is 0 Å². The fourth-order valence-corrected chi connectivity index (χ4v) is 3.99. The van der Waals surface area contributed by atoms with Crippen molar-refractivity contribution in [1.82, 2.24) is 9.03 Å². The average molecular weight is 279 g/mol. The fourth-order valence-electron chi connectivity index (χ4n) is 2.10. The Kier molecular flexibility index (Phi) is 7.36.